The minimum absolute atomic E-state index is 0.00635. The number of methoxy groups -OCH3 is 1. The van der Waals surface area contributed by atoms with Gasteiger partial charge in [-0.3, -0.25) is 0 Å². The van der Waals surface area contributed by atoms with Gasteiger partial charge in [-0.1, -0.05) is 0 Å². The van der Waals surface area contributed by atoms with E-state index in [1.54, 1.807) is 0 Å². The number of ether oxygens (including phenoxy) is 1. The topological polar surface area (TPSA) is 59.4 Å². The van der Waals surface area contributed by atoms with E-state index in [9.17, 15) is 18.7 Å². The third-order valence-electron chi connectivity index (χ3n) is 2.14. The van der Waals surface area contributed by atoms with Crippen molar-refractivity contribution in [2.24, 2.45) is 0 Å². The van der Waals surface area contributed by atoms with Gasteiger partial charge >= 0.3 is 5.97 Å². The highest BCUT2D eigenvalue weighted by molar-refractivity contribution is 7.17. The number of halogens is 2. The Labute approximate surface area is 104 Å². The first-order chi connectivity index (χ1) is 8.52. The lowest BCUT2D eigenvalue weighted by Crippen LogP contribution is -1.97. The summed E-state index contributed by atoms with van der Waals surface area (Å²) in [7, 11) is 1.15. The van der Waals surface area contributed by atoms with Gasteiger partial charge < -0.3 is 9.84 Å². The summed E-state index contributed by atoms with van der Waals surface area (Å²) < 4.78 is 30.7. The fourth-order valence-corrected chi connectivity index (χ4v) is 2.22. The average molecular weight is 271 g/mol. The second-order valence-electron chi connectivity index (χ2n) is 3.29. The van der Waals surface area contributed by atoms with Crippen LogP contribution in [0.4, 0.5) is 8.78 Å². The Kier molecular flexibility index (Phi) is 3.24. The van der Waals surface area contributed by atoms with Crippen LogP contribution in [0.15, 0.2) is 18.2 Å². The van der Waals surface area contributed by atoms with Crippen molar-refractivity contribution in [2.45, 2.75) is 0 Å². The third kappa shape index (κ3) is 2.17. The normalized spacial score (nSPS) is 10.4. The van der Waals surface area contributed by atoms with Gasteiger partial charge in [0.05, 0.1) is 7.11 Å². The predicted molar refractivity (Wildman–Crippen MR) is 60.5 cm³/mol. The van der Waals surface area contributed by atoms with Crippen molar-refractivity contribution in [3.05, 3.63) is 34.7 Å². The van der Waals surface area contributed by atoms with Crippen LogP contribution >= 0.6 is 11.3 Å². The molecule has 0 saturated heterocycles. The molecule has 0 spiro atoms. The van der Waals surface area contributed by atoms with E-state index in [4.69, 9.17) is 0 Å². The van der Waals surface area contributed by atoms with Gasteiger partial charge in [-0.05, 0) is 12.1 Å². The van der Waals surface area contributed by atoms with Gasteiger partial charge in [0.25, 0.3) is 0 Å². The zero-order valence-electron chi connectivity index (χ0n) is 9.11. The van der Waals surface area contributed by atoms with E-state index in [0.29, 0.717) is 6.07 Å². The number of carbonyl (C=O) groups excluding carboxylic acids is 1. The molecular formula is C11H7F2NO3S. The highest BCUT2D eigenvalue weighted by atomic mass is 32.1. The molecule has 1 heterocycles. The number of carbonyl (C=O) groups is 1. The minimum Gasteiger partial charge on any atom is -0.492 e. The molecule has 0 aliphatic carbocycles. The van der Waals surface area contributed by atoms with Crippen LogP contribution in [-0.4, -0.2) is 23.2 Å². The molecule has 0 fully saturated rings. The Morgan fingerprint density at radius 1 is 1.44 bits per heavy atom. The van der Waals surface area contributed by atoms with Crippen LogP contribution in [0.2, 0.25) is 0 Å². The van der Waals surface area contributed by atoms with Crippen LogP contribution < -0.4 is 0 Å². The van der Waals surface area contributed by atoms with E-state index < -0.39 is 23.5 Å². The van der Waals surface area contributed by atoms with E-state index in [1.165, 1.54) is 6.07 Å². The summed E-state index contributed by atoms with van der Waals surface area (Å²) in [5.41, 5.74) is 0.00635. The Morgan fingerprint density at radius 2 is 2.17 bits per heavy atom. The van der Waals surface area contributed by atoms with Gasteiger partial charge in [-0.2, -0.15) is 0 Å². The highest BCUT2D eigenvalue weighted by Crippen LogP contribution is 2.33. The molecule has 0 unspecified atom stereocenters. The van der Waals surface area contributed by atoms with Gasteiger partial charge in [0.1, 0.15) is 16.6 Å². The van der Waals surface area contributed by atoms with Crippen LogP contribution in [0.5, 0.6) is 5.88 Å². The Hall–Kier alpha value is -2.02. The van der Waals surface area contributed by atoms with Crippen molar-refractivity contribution in [1.82, 2.24) is 4.98 Å². The fourth-order valence-electron chi connectivity index (χ4n) is 1.32. The summed E-state index contributed by atoms with van der Waals surface area (Å²) in [4.78, 5) is 14.8. The number of benzene rings is 1. The second kappa shape index (κ2) is 4.69. The molecule has 1 aromatic heterocycles. The summed E-state index contributed by atoms with van der Waals surface area (Å²) in [6.45, 7) is 0. The number of nitrogens with zero attached hydrogens (tertiary/aromatic N) is 1. The number of aromatic nitrogens is 1. The van der Waals surface area contributed by atoms with Gasteiger partial charge in [-0.15, -0.1) is 11.3 Å². The Balaban J connectivity index is 2.49. The van der Waals surface area contributed by atoms with Gasteiger partial charge in [0.2, 0.25) is 5.88 Å². The fraction of sp³-hybridized carbons (Fsp3) is 0.0909. The first-order valence-electron chi connectivity index (χ1n) is 4.76. The maximum absolute atomic E-state index is 13.5. The summed E-state index contributed by atoms with van der Waals surface area (Å²) >= 11 is 0.767. The van der Waals surface area contributed by atoms with E-state index in [2.05, 4.69) is 9.72 Å². The highest BCUT2D eigenvalue weighted by Gasteiger charge is 2.20. The zero-order chi connectivity index (χ0) is 13.3. The first-order valence-corrected chi connectivity index (χ1v) is 5.58. The zero-order valence-corrected chi connectivity index (χ0v) is 9.92. The maximum Gasteiger partial charge on any atom is 0.353 e. The summed E-state index contributed by atoms with van der Waals surface area (Å²) in [5, 5.41) is 9.52. The molecule has 2 rings (SSSR count). The van der Waals surface area contributed by atoms with Crippen LogP contribution in [0.1, 0.15) is 9.67 Å². The molecule has 2 aromatic rings. The van der Waals surface area contributed by atoms with Crippen molar-refractivity contribution in [3.63, 3.8) is 0 Å². The maximum atomic E-state index is 13.5. The molecule has 0 radical (unpaired) electrons. The summed E-state index contributed by atoms with van der Waals surface area (Å²) in [6, 6.07) is 2.95. The van der Waals surface area contributed by atoms with E-state index in [1.807, 2.05) is 0 Å². The summed E-state index contributed by atoms with van der Waals surface area (Å²) in [6.07, 6.45) is 0. The number of hydrogen-bond donors (Lipinski definition) is 1. The predicted octanol–water partition coefficient (Wildman–Crippen LogP) is 2.58. The minimum atomic E-state index is -0.819. The Morgan fingerprint density at radius 3 is 2.78 bits per heavy atom. The smallest absolute Gasteiger partial charge is 0.353 e. The molecular weight excluding hydrogens is 264 g/mol. The molecule has 0 atom stereocenters. The van der Waals surface area contributed by atoms with Gasteiger partial charge in [-0.25, -0.2) is 18.6 Å². The molecule has 1 N–H and O–H groups in total. The van der Waals surface area contributed by atoms with Crippen LogP contribution in [-0.2, 0) is 4.74 Å². The molecule has 0 aliphatic rings. The molecule has 0 aliphatic heterocycles. The lowest BCUT2D eigenvalue weighted by Gasteiger charge is -1.97. The number of thiazole rings is 1. The molecule has 0 saturated carbocycles. The standard InChI is InChI=1S/C11H7F2NO3S/c1-17-11(16)8-9(15)14-10(18-8)6-3-2-5(12)4-7(6)13/h2-4,15H,1H3. The van der Waals surface area contributed by atoms with Crippen LogP contribution in [0, 0.1) is 11.6 Å². The molecule has 18 heavy (non-hydrogen) atoms. The molecule has 4 nitrogen and oxygen atoms in total. The number of aromatic hydroxyl groups is 1. The lowest BCUT2D eigenvalue weighted by atomic mass is 10.2. The van der Waals surface area contributed by atoms with Crippen molar-refractivity contribution >= 4 is 17.3 Å². The average Bonchev–Trinajstić information content (AvgIpc) is 2.70. The molecule has 7 heteroatoms. The van der Waals surface area contributed by atoms with Crippen LogP contribution in [0.3, 0.4) is 0 Å². The third-order valence-corrected chi connectivity index (χ3v) is 3.20. The van der Waals surface area contributed by atoms with E-state index in [-0.39, 0.29) is 15.4 Å². The molecule has 0 bridgehead atoms. The lowest BCUT2D eigenvalue weighted by molar-refractivity contribution is 0.0603. The van der Waals surface area contributed by atoms with Gasteiger partial charge in [0.15, 0.2) is 4.88 Å². The number of hydrogen-bond acceptors (Lipinski definition) is 5. The van der Waals surface area contributed by atoms with Crippen molar-refractivity contribution in [3.8, 4) is 16.5 Å². The van der Waals surface area contributed by atoms with Crippen molar-refractivity contribution < 1.29 is 23.4 Å². The monoisotopic (exact) mass is 271 g/mol. The quantitative estimate of drug-likeness (QED) is 0.853. The largest absolute Gasteiger partial charge is 0.492 e. The molecule has 1 aromatic carbocycles. The van der Waals surface area contributed by atoms with Gasteiger partial charge in [0, 0.05) is 11.6 Å². The number of rotatable bonds is 2. The summed E-state index contributed by atoms with van der Waals surface area (Å²) in [5.74, 6) is -2.84. The van der Waals surface area contributed by atoms with Crippen LogP contribution in [0.25, 0.3) is 10.6 Å². The van der Waals surface area contributed by atoms with Crippen molar-refractivity contribution in [1.29, 1.82) is 0 Å². The van der Waals surface area contributed by atoms with Crippen molar-refractivity contribution in [2.75, 3.05) is 7.11 Å². The SMILES string of the molecule is COC(=O)c1sc(-c2ccc(F)cc2F)nc1O. The molecule has 0 amide bonds. The molecule has 94 valence electrons. The number of esters is 1. The Bertz CT molecular complexity index is 612. The second-order valence-corrected chi connectivity index (χ2v) is 4.29. The first kappa shape index (κ1) is 12.4. The van der Waals surface area contributed by atoms with E-state index >= 15 is 0 Å². The van der Waals surface area contributed by atoms with E-state index in [0.717, 1.165) is 24.5 Å².